The van der Waals surface area contributed by atoms with E-state index in [-0.39, 0.29) is 37.9 Å². The van der Waals surface area contributed by atoms with Gasteiger partial charge in [-0.1, -0.05) is 30.3 Å². The number of aliphatic hydroxyl groups excluding tert-OH is 1. The molecule has 0 unspecified atom stereocenters. The minimum atomic E-state index is -4.29. The van der Waals surface area contributed by atoms with Crippen LogP contribution in [0.1, 0.15) is 24.8 Å². The van der Waals surface area contributed by atoms with Crippen molar-refractivity contribution in [2.45, 2.75) is 37.0 Å². The summed E-state index contributed by atoms with van der Waals surface area (Å²) in [5.74, 6) is -0.226. The predicted molar refractivity (Wildman–Crippen MR) is 91.2 cm³/mol. The highest BCUT2D eigenvalue weighted by molar-refractivity contribution is 7.89. The molecular weight excluding hydrogens is 369 g/mol. The largest absolute Gasteiger partial charge is 0.395 e. The molecule has 9 heteroatoms. The standard InChI is InChI=1S/C17H23F3N2O3S/c1-2-26(24,25)21-11-16(12-21)15(13-6-4-3-5-7-13)14(10-23)22(16)9-8-17(18,19)20/h3-7,14-15,23H,2,8-12H2,1H3/t14-,15-/m1/s1. The number of alkyl halides is 3. The van der Waals surface area contributed by atoms with Gasteiger partial charge in [0.1, 0.15) is 0 Å². The van der Waals surface area contributed by atoms with Crippen molar-refractivity contribution >= 4 is 10.0 Å². The first-order valence-electron chi connectivity index (χ1n) is 8.62. The molecule has 0 aromatic heterocycles. The Labute approximate surface area is 151 Å². The van der Waals surface area contributed by atoms with Crippen molar-refractivity contribution < 1.29 is 26.7 Å². The minimum Gasteiger partial charge on any atom is -0.395 e. The number of hydrogen-bond acceptors (Lipinski definition) is 4. The van der Waals surface area contributed by atoms with Gasteiger partial charge in [0.2, 0.25) is 10.0 Å². The Balaban J connectivity index is 1.87. The summed E-state index contributed by atoms with van der Waals surface area (Å²) >= 11 is 0. The van der Waals surface area contributed by atoms with Crippen molar-refractivity contribution in [1.82, 2.24) is 9.21 Å². The highest BCUT2D eigenvalue weighted by Gasteiger charge is 2.67. The van der Waals surface area contributed by atoms with Crippen molar-refractivity contribution in [3.8, 4) is 0 Å². The summed E-state index contributed by atoms with van der Waals surface area (Å²) in [6.07, 6.45) is -5.27. The van der Waals surface area contributed by atoms with Crippen LogP contribution < -0.4 is 0 Å². The van der Waals surface area contributed by atoms with Gasteiger partial charge in [-0.05, 0) is 12.5 Å². The molecule has 0 saturated carbocycles. The number of hydrogen-bond donors (Lipinski definition) is 1. The van der Waals surface area contributed by atoms with Crippen molar-refractivity contribution in [3.63, 3.8) is 0 Å². The molecule has 0 bridgehead atoms. The van der Waals surface area contributed by atoms with Crippen LogP contribution in [0, 0.1) is 0 Å². The number of aliphatic hydroxyl groups is 1. The molecule has 1 aromatic carbocycles. The van der Waals surface area contributed by atoms with Gasteiger partial charge in [-0.2, -0.15) is 17.5 Å². The highest BCUT2D eigenvalue weighted by atomic mass is 32.2. The molecule has 5 nitrogen and oxygen atoms in total. The monoisotopic (exact) mass is 392 g/mol. The average molecular weight is 392 g/mol. The molecule has 0 amide bonds. The lowest BCUT2D eigenvalue weighted by molar-refractivity contribution is -0.194. The molecule has 1 spiro atoms. The summed E-state index contributed by atoms with van der Waals surface area (Å²) in [4.78, 5) is 1.65. The molecule has 2 atom stereocenters. The van der Waals surface area contributed by atoms with Crippen LogP contribution in [0.15, 0.2) is 30.3 Å². The topological polar surface area (TPSA) is 60.9 Å². The summed E-state index contributed by atoms with van der Waals surface area (Å²) in [6, 6.07) is 8.86. The van der Waals surface area contributed by atoms with Gasteiger partial charge in [0.25, 0.3) is 0 Å². The van der Waals surface area contributed by atoms with Crippen LogP contribution in [0.4, 0.5) is 13.2 Å². The second-order valence-corrected chi connectivity index (χ2v) is 9.23. The van der Waals surface area contributed by atoms with Gasteiger partial charge in [-0.15, -0.1) is 0 Å². The smallest absolute Gasteiger partial charge is 0.390 e. The van der Waals surface area contributed by atoms with Crippen molar-refractivity contribution in [2.24, 2.45) is 0 Å². The summed E-state index contributed by atoms with van der Waals surface area (Å²) in [6.45, 7) is 1.37. The van der Waals surface area contributed by atoms with Gasteiger partial charge in [-0.3, -0.25) is 4.90 Å². The zero-order valence-corrected chi connectivity index (χ0v) is 15.3. The molecule has 146 valence electrons. The lowest BCUT2D eigenvalue weighted by Crippen LogP contribution is -2.85. The fourth-order valence-electron chi connectivity index (χ4n) is 4.32. The van der Waals surface area contributed by atoms with Gasteiger partial charge < -0.3 is 5.11 Å². The van der Waals surface area contributed by atoms with E-state index < -0.39 is 34.2 Å². The fraction of sp³-hybridized carbons (Fsp3) is 0.647. The second kappa shape index (κ2) is 6.78. The van der Waals surface area contributed by atoms with Crippen LogP contribution in [0.2, 0.25) is 0 Å². The molecule has 0 radical (unpaired) electrons. The first kappa shape index (κ1) is 19.6. The van der Waals surface area contributed by atoms with Crippen LogP contribution in [0.25, 0.3) is 0 Å². The molecule has 0 aliphatic carbocycles. The van der Waals surface area contributed by atoms with Crippen molar-refractivity contribution in [1.29, 1.82) is 0 Å². The Morgan fingerprint density at radius 1 is 1.23 bits per heavy atom. The van der Waals surface area contributed by atoms with Crippen LogP contribution in [-0.2, 0) is 10.0 Å². The lowest BCUT2D eigenvalue weighted by atomic mass is 9.61. The molecule has 3 rings (SSSR count). The van der Waals surface area contributed by atoms with Crippen molar-refractivity contribution in [3.05, 3.63) is 35.9 Å². The third-order valence-electron chi connectivity index (χ3n) is 5.58. The van der Waals surface area contributed by atoms with E-state index in [4.69, 9.17) is 0 Å². The molecular formula is C17H23F3N2O3S. The fourth-order valence-corrected chi connectivity index (χ4v) is 5.52. The first-order chi connectivity index (χ1) is 12.1. The summed E-state index contributed by atoms with van der Waals surface area (Å²) < 4.78 is 63.7. The number of benzene rings is 1. The van der Waals surface area contributed by atoms with Gasteiger partial charge in [0, 0.05) is 31.6 Å². The van der Waals surface area contributed by atoms with E-state index in [1.807, 2.05) is 30.3 Å². The second-order valence-electron chi connectivity index (χ2n) is 6.97. The Morgan fingerprint density at radius 3 is 2.35 bits per heavy atom. The minimum absolute atomic E-state index is 0.0366. The zero-order chi connectivity index (χ0) is 19.2. The third kappa shape index (κ3) is 3.26. The zero-order valence-electron chi connectivity index (χ0n) is 14.5. The quantitative estimate of drug-likeness (QED) is 0.802. The van der Waals surface area contributed by atoms with E-state index in [1.165, 1.54) is 4.31 Å². The van der Waals surface area contributed by atoms with E-state index >= 15 is 0 Å². The summed E-state index contributed by atoms with van der Waals surface area (Å²) in [5.41, 5.74) is 0.241. The molecule has 26 heavy (non-hydrogen) atoms. The molecule has 2 saturated heterocycles. The maximum atomic E-state index is 12.7. The highest BCUT2D eigenvalue weighted by Crippen LogP contribution is 2.54. The normalized spacial score (nSPS) is 26.5. The maximum absolute atomic E-state index is 12.7. The Morgan fingerprint density at radius 2 is 1.85 bits per heavy atom. The van der Waals surface area contributed by atoms with Gasteiger partial charge in [-0.25, -0.2) is 8.42 Å². The molecule has 2 aliphatic heterocycles. The Kier molecular flexibility index (Phi) is 5.11. The number of nitrogens with zero attached hydrogens (tertiary/aromatic N) is 2. The average Bonchev–Trinajstić information content (AvgIpc) is 2.52. The number of likely N-dealkylation sites (tertiary alicyclic amines) is 1. The maximum Gasteiger partial charge on any atom is 0.390 e. The van der Waals surface area contributed by atoms with E-state index in [0.29, 0.717) is 0 Å². The van der Waals surface area contributed by atoms with Gasteiger partial charge >= 0.3 is 6.18 Å². The Hall–Kier alpha value is -1.16. The van der Waals surface area contributed by atoms with E-state index in [0.717, 1.165) is 5.56 Å². The van der Waals surface area contributed by atoms with Gasteiger partial charge in [0.05, 0.1) is 24.3 Å². The molecule has 1 aromatic rings. The summed E-state index contributed by atoms with van der Waals surface area (Å²) in [7, 11) is -3.38. The van der Waals surface area contributed by atoms with E-state index in [2.05, 4.69) is 0 Å². The van der Waals surface area contributed by atoms with E-state index in [1.54, 1.807) is 11.8 Å². The van der Waals surface area contributed by atoms with Crippen LogP contribution in [-0.4, -0.2) is 72.5 Å². The van der Waals surface area contributed by atoms with E-state index in [9.17, 15) is 26.7 Å². The summed E-state index contributed by atoms with van der Waals surface area (Å²) in [5, 5.41) is 9.79. The molecule has 2 heterocycles. The van der Waals surface area contributed by atoms with Crippen LogP contribution in [0.5, 0.6) is 0 Å². The molecule has 2 aliphatic rings. The SMILES string of the molecule is CCS(=O)(=O)N1CC2(C1)[C@H](c1ccccc1)[C@@H](CO)N2CCC(F)(F)F. The van der Waals surface area contributed by atoms with Crippen LogP contribution in [0.3, 0.4) is 0 Å². The van der Waals surface area contributed by atoms with Crippen LogP contribution >= 0.6 is 0 Å². The number of rotatable bonds is 6. The number of halogens is 3. The first-order valence-corrected chi connectivity index (χ1v) is 10.2. The van der Waals surface area contributed by atoms with Crippen molar-refractivity contribution in [2.75, 3.05) is 32.0 Å². The number of sulfonamides is 1. The third-order valence-corrected chi connectivity index (χ3v) is 7.35. The Bertz CT molecular complexity index is 733. The molecule has 1 N–H and O–H groups in total. The molecule has 2 fully saturated rings. The predicted octanol–water partition coefficient (Wildman–Crippen LogP) is 1.80. The lowest BCUT2D eigenvalue weighted by Gasteiger charge is -2.70. The van der Waals surface area contributed by atoms with Gasteiger partial charge in [0.15, 0.2) is 0 Å².